The van der Waals surface area contributed by atoms with Gasteiger partial charge in [-0.1, -0.05) is 85.7 Å². The van der Waals surface area contributed by atoms with Gasteiger partial charge in [-0.05, 0) is 12.5 Å². The monoisotopic (exact) mass is 332 g/mol. The minimum absolute atomic E-state index is 0.160. The lowest BCUT2D eigenvalue weighted by atomic mass is 10.2. The highest BCUT2D eigenvalue weighted by atomic mass is 17.2. The van der Waals surface area contributed by atoms with Gasteiger partial charge in [-0.2, -0.15) is 0 Å². The number of rotatable bonds is 5. The van der Waals surface area contributed by atoms with E-state index < -0.39 is 0 Å². The van der Waals surface area contributed by atoms with Gasteiger partial charge in [0.25, 0.3) is 0 Å². The summed E-state index contributed by atoms with van der Waals surface area (Å²) in [5, 5.41) is 0. The first-order valence-electron chi connectivity index (χ1n) is 8.52. The van der Waals surface area contributed by atoms with E-state index in [0.717, 1.165) is 11.8 Å². The number of hydrogen-bond acceptors (Lipinski definition) is 4. The second kappa shape index (κ2) is 49.8. The van der Waals surface area contributed by atoms with Crippen molar-refractivity contribution in [3.8, 4) is 0 Å². The lowest BCUT2D eigenvalue weighted by Gasteiger charge is -2.01. The third kappa shape index (κ3) is 44.9. The maximum absolute atomic E-state index is 8.81. The standard InChI is InChI=1S/C9H12O3.C2H4O.4C2H6/c1-10-8-12-11-7-9-5-3-2-4-6-9;1-2-3;4*1-2/h2-6H,7-8H2,1H3;2H,1H3;4*1-2H3. The first-order chi connectivity index (χ1) is 11.3. The van der Waals surface area contributed by atoms with Crippen LogP contribution in [-0.4, -0.2) is 20.2 Å². The highest BCUT2D eigenvalue weighted by Gasteiger charge is 1.90. The molecule has 1 aromatic carbocycles. The Labute approximate surface area is 145 Å². The molecule has 140 valence electrons. The summed E-state index contributed by atoms with van der Waals surface area (Å²) in [6.45, 7) is 18.1. The molecule has 0 atom stereocenters. The Morgan fingerprint density at radius 3 is 1.57 bits per heavy atom. The minimum atomic E-state index is 0.160. The Kier molecular flexibility index (Phi) is 72.3. The molecule has 0 aliphatic rings. The molecule has 0 N–H and O–H groups in total. The summed E-state index contributed by atoms with van der Waals surface area (Å²) in [4.78, 5) is 18.3. The van der Waals surface area contributed by atoms with E-state index in [1.165, 1.54) is 6.92 Å². The molecule has 0 aromatic heterocycles. The van der Waals surface area contributed by atoms with E-state index in [4.69, 9.17) is 9.68 Å². The molecule has 0 aliphatic carbocycles. The van der Waals surface area contributed by atoms with Crippen LogP contribution in [0.15, 0.2) is 30.3 Å². The first kappa shape index (κ1) is 33.4. The Hall–Kier alpha value is -1.23. The molecule has 0 saturated heterocycles. The molecule has 1 rings (SSSR count). The van der Waals surface area contributed by atoms with Gasteiger partial charge in [0.2, 0.25) is 0 Å². The fraction of sp³-hybridized carbons (Fsp3) is 0.632. The van der Waals surface area contributed by atoms with Crippen LogP contribution in [0.1, 0.15) is 67.9 Å². The van der Waals surface area contributed by atoms with Gasteiger partial charge in [0.1, 0.15) is 12.9 Å². The van der Waals surface area contributed by atoms with E-state index in [-0.39, 0.29) is 6.79 Å². The van der Waals surface area contributed by atoms with Crippen molar-refractivity contribution in [3.63, 3.8) is 0 Å². The molecular weight excluding hydrogens is 292 g/mol. The summed E-state index contributed by atoms with van der Waals surface area (Å²) >= 11 is 0. The van der Waals surface area contributed by atoms with Crippen molar-refractivity contribution >= 4 is 6.29 Å². The van der Waals surface area contributed by atoms with Crippen LogP contribution in [-0.2, 0) is 25.9 Å². The van der Waals surface area contributed by atoms with Crippen LogP contribution in [0.25, 0.3) is 0 Å². The van der Waals surface area contributed by atoms with Crippen molar-refractivity contribution in [1.82, 2.24) is 0 Å². The van der Waals surface area contributed by atoms with E-state index in [0.29, 0.717) is 6.61 Å². The third-order valence-electron chi connectivity index (χ3n) is 1.32. The Morgan fingerprint density at radius 1 is 0.826 bits per heavy atom. The van der Waals surface area contributed by atoms with Crippen LogP contribution in [0, 0.1) is 0 Å². The highest BCUT2D eigenvalue weighted by Crippen LogP contribution is 2.00. The molecule has 0 unspecified atom stereocenters. The van der Waals surface area contributed by atoms with Crippen molar-refractivity contribution in [3.05, 3.63) is 35.9 Å². The SMILES string of the molecule is CC.CC.CC.CC.CC=O.COCOOCc1ccccc1. The van der Waals surface area contributed by atoms with Gasteiger partial charge in [-0.25, -0.2) is 9.78 Å². The van der Waals surface area contributed by atoms with E-state index in [2.05, 4.69) is 9.62 Å². The van der Waals surface area contributed by atoms with E-state index >= 15 is 0 Å². The molecule has 0 radical (unpaired) electrons. The van der Waals surface area contributed by atoms with E-state index in [1.54, 1.807) is 7.11 Å². The summed E-state index contributed by atoms with van der Waals surface area (Å²) in [6.07, 6.45) is 0.750. The van der Waals surface area contributed by atoms with Gasteiger partial charge in [0, 0.05) is 7.11 Å². The van der Waals surface area contributed by atoms with Gasteiger partial charge in [-0.3, -0.25) is 0 Å². The number of benzene rings is 1. The van der Waals surface area contributed by atoms with Gasteiger partial charge in [-0.15, -0.1) is 0 Å². The lowest BCUT2D eigenvalue weighted by Crippen LogP contribution is -1.98. The van der Waals surface area contributed by atoms with Gasteiger partial charge < -0.3 is 9.53 Å². The maximum Gasteiger partial charge on any atom is 0.180 e. The Balaban J connectivity index is -0.0000000829. The largest absolute Gasteiger partial charge is 0.355 e. The molecule has 0 spiro atoms. The molecule has 0 saturated carbocycles. The van der Waals surface area contributed by atoms with Crippen molar-refractivity contribution in [2.24, 2.45) is 0 Å². The topological polar surface area (TPSA) is 44.8 Å². The molecule has 23 heavy (non-hydrogen) atoms. The molecule has 0 heterocycles. The smallest absolute Gasteiger partial charge is 0.180 e. The number of carbonyl (C=O) groups excluding carboxylic acids is 1. The average molecular weight is 333 g/mol. The minimum Gasteiger partial charge on any atom is -0.355 e. The van der Waals surface area contributed by atoms with Crippen molar-refractivity contribution in [2.75, 3.05) is 13.9 Å². The number of methoxy groups -OCH3 is 1. The zero-order valence-corrected chi connectivity index (χ0v) is 17.0. The molecule has 0 bridgehead atoms. The molecule has 1 aromatic rings. The van der Waals surface area contributed by atoms with Crippen molar-refractivity contribution < 1.29 is 19.3 Å². The maximum atomic E-state index is 8.81. The van der Waals surface area contributed by atoms with Crippen LogP contribution in [0.4, 0.5) is 0 Å². The van der Waals surface area contributed by atoms with Crippen LogP contribution in [0.2, 0.25) is 0 Å². The number of hydrogen-bond donors (Lipinski definition) is 0. The fourth-order valence-corrected chi connectivity index (χ4v) is 0.766. The number of ether oxygens (including phenoxy) is 1. The summed E-state index contributed by atoms with van der Waals surface area (Å²) in [5.74, 6) is 0. The van der Waals surface area contributed by atoms with Crippen molar-refractivity contribution in [1.29, 1.82) is 0 Å². The van der Waals surface area contributed by atoms with Gasteiger partial charge in [0.05, 0.1) is 0 Å². The summed E-state index contributed by atoms with van der Waals surface area (Å²) in [5.41, 5.74) is 1.08. The predicted octanol–water partition coefficient (Wildman–Crippen LogP) is 6.05. The summed E-state index contributed by atoms with van der Waals surface area (Å²) in [7, 11) is 1.55. The first-order valence-corrected chi connectivity index (χ1v) is 8.52. The number of aldehydes is 1. The normalized spacial score (nSPS) is 6.87. The highest BCUT2D eigenvalue weighted by molar-refractivity contribution is 5.44. The van der Waals surface area contributed by atoms with Crippen LogP contribution >= 0.6 is 0 Å². The quantitative estimate of drug-likeness (QED) is 0.216. The zero-order chi connectivity index (χ0) is 19.4. The van der Waals surface area contributed by atoms with Crippen LogP contribution in [0.5, 0.6) is 0 Å². The summed E-state index contributed by atoms with van der Waals surface area (Å²) < 4.78 is 4.63. The van der Waals surface area contributed by atoms with Crippen LogP contribution in [0.3, 0.4) is 0 Å². The van der Waals surface area contributed by atoms with Gasteiger partial charge >= 0.3 is 0 Å². The average Bonchev–Trinajstić information content (AvgIpc) is 2.67. The Bertz CT molecular complexity index is 238. The molecular formula is C19H40O4. The van der Waals surface area contributed by atoms with E-state index in [1.807, 2.05) is 85.7 Å². The van der Waals surface area contributed by atoms with Crippen LogP contribution < -0.4 is 0 Å². The Morgan fingerprint density at radius 2 is 1.22 bits per heavy atom. The third-order valence-corrected chi connectivity index (χ3v) is 1.32. The van der Waals surface area contributed by atoms with E-state index in [9.17, 15) is 0 Å². The molecule has 4 heteroatoms. The fourth-order valence-electron chi connectivity index (χ4n) is 0.766. The molecule has 0 amide bonds. The second-order valence-corrected chi connectivity index (χ2v) is 2.51. The summed E-state index contributed by atoms with van der Waals surface area (Å²) in [6, 6.07) is 9.80. The molecule has 0 fully saturated rings. The van der Waals surface area contributed by atoms with Crippen molar-refractivity contribution in [2.45, 2.75) is 68.9 Å². The second-order valence-electron chi connectivity index (χ2n) is 2.51. The molecule has 0 aliphatic heterocycles. The predicted molar refractivity (Wildman–Crippen MR) is 101 cm³/mol. The zero-order valence-electron chi connectivity index (χ0n) is 17.0. The van der Waals surface area contributed by atoms with Gasteiger partial charge in [0.15, 0.2) is 6.79 Å². The molecule has 4 nitrogen and oxygen atoms in total. The lowest BCUT2D eigenvalue weighted by molar-refractivity contribution is -0.340. The number of carbonyl (C=O) groups is 1.